The van der Waals surface area contributed by atoms with Crippen molar-refractivity contribution in [1.29, 1.82) is 0 Å². The first kappa shape index (κ1) is 15.5. The molecule has 25 heavy (non-hydrogen) atoms. The van der Waals surface area contributed by atoms with Crippen LogP contribution in [0.1, 0.15) is 17.9 Å². The molecule has 1 atom stereocenters. The average molecular weight is 334 g/mol. The van der Waals surface area contributed by atoms with Crippen LogP contribution in [-0.4, -0.2) is 32.5 Å². The molecule has 3 heterocycles. The average Bonchev–Trinajstić information content (AvgIpc) is 3.24. The quantitative estimate of drug-likeness (QED) is 0.717. The van der Waals surface area contributed by atoms with Gasteiger partial charge in [0.1, 0.15) is 0 Å². The number of likely N-dealkylation sites (tertiary alicyclic amines) is 1. The Balaban J connectivity index is 1.40. The maximum absolute atomic E-state index is 12.3. The van der Waals surface area contributed by atoms with Crippen LogP contribution in [0.4, 0.5) is 0 Å². The van der Waals surface area contributed by atoms with Crippen LogP contribution in [0, 0.1) is 5.92 Å². The van der Waals surface area contributed by atoms with E-state index >= 15 is 0 Å². The van der Waals surface area contributed by atoms with Gasteiger partial charge in [-0.1, -0.05) is 30.3 Å². The molecule has 0 N–H and O–H groups in total. The minimum atomic E-state index is 0.141. The van der Waals surface area contributed by atoms with Gasteiger partial charge in [-0.2, -0.15) is 0 Å². The van der Waals surface area contributed by atoms with Gasteiger partial charge in [-0.3, -0.25) is 9.78 Å². The lowest BCUT2D eigenvalue weighted by Crippen LogP contribution is -2.25. The van der Waals surface area contributed by atoms with Gasteiger partial charge < -0.3 is 9.32 Å². The third-order valence-corrected chi connectivity index (χ3v) is 4.36. The normalized spacial score (nSPS) is 17.2. The van der Waals surface area contributed by atoms with Crippen LogP contribution in [0.3, 0.4) is 0 Å². The second-order valence-electron chi connectivity index (χ2n) is 6.28. The topological polar surface area (TPSA) is 72.1 Å². The van der Waals surface area contributed by atoms with Gasteiger partial charge in [0.05, 0.1) is 12.1 Å². The third kappa shape index (κ3) is 3.57. The lowest BCUT2D eigenvalue weighted by Gasteiger charge is -2.14. The van der Waals surface area contributed by atoms with Crippen LogP contribution < -0.4 is 0 Å². The lowest BCUT2D eigenvalue weighted by atomic mass is 9.99. The molecule has 1 aliphatic rings. The number of hydrogen-bond acceptors (Lipinski definition) is 5. The molecule has 0 radical (unpaired) electrons. The lowest BCUT2D eigenvalue weighted by molar-refractivity contribution is -0.128. The smallest absolute Gasteiger partial charge is 0.249 e. The number of rotatable bonds is 5. The molecule has 1 fully saturated rings. The van der Waals surface area contributed by atoms with Gasteiger partial charge in [-0.05, 0) is 30.0 Å². The Morgan fingerprint density at radius 1 is 1.12 bits per heavy atom. The van der Waals surface area contributed by atoms with Crippen molar-refractivity contribution < 1.29 is 9.21 Å². The number of aromatic nitrogens is 3. The van der Waals surface area contributed by atoms with Crippen molar-refractivity contribution in [1.82, 2.24) is 20.1 Å². The van der Waals surface area contributed by atoms with Gasteiger partial charge >= 0.3 is 0 Å². The van der Waals surface area contributed by atoms with Crippen molar-refractivity contribution in [3.63, 3.8) is 0 Å². The Bertz CT molecular complexity index is 848. The molecule has 126 valence electrons. The van der Waals surface area contributed by atoms with Crippen LogP contribution in [0.5, 0.6) is 0 Å². The number of benzene rings is 1. The van der Waals surface area contributed by atoms with Crippen LogP contribution >= 0.6 is 0 Å². The van der Waals surface area contributed by atoms with Crippen LogP contribution in [0.25, 0.3) is 11.5 Å². The van der Waals surface area contributed by atoms with Gasteiger partial charge in [0.25, 0.3) is 0 Å². The summed E-state index contributed by atoms with van der Waals surface area (Å²) in [5.74, 6) is 1.35. The minimum Gasteiger partial charge on any atom is -0.419 e. The predicted molar refractivity (Wildman–Crippen MR) is 91.2 cm³/mol. The molecule has 0 spiro atoms. The van der Waals surface area contributed by atoms with E-state index in [-0.39, 0.29) is 5.91 Å². The molecule has 1 amide bonds. The monoisotopic (exact) mass is 334 g/mol. The molecule has 6 nitrogen and oxygen atoms in total. The van der Waals surface area contributed by atoms with E-state index in [1.807, 2.05) is 30.3 Å². The molecule has 1 saturated heterocycles. The molecule has 1 aromatic carbocycles. The summed E-state index contributed by atoms with van der Waals surface area (Å²) >= 11 is 0. The fourth-order valence-electron chi connectivity index (χ4n) is 3.18. The largest absolute Gasteiger partial charge is 0.419 e. The van der Waals surface area contributed by atoms with Gasteiger partial charge in [0.2, 0.25) is 17.7 Å². The molecule has 0 saturated carbocycles. The van der Waals surface area contributed by atoms with E-state index in [2.05, 4.69) is 27.3 Å². The summed E-state index contributed by atoms with van der Waals surface area (Å²) in [6.07, 6.45) is 4.84. The van der Waals surface area contributed by atoms with E-state index in [1.54, 1.807) is 17.3 Å². The first-order valence-electron chi connectivity index (χ1n) is 8.32. The van der Waals surface area contributed by atoms with Crippen molar-refractivity contribution >= 4 is 5.91 Å². The van der Waals surface area contributed by atoms with E-state index in [9.17, 15) is 4.79 Å². The highest BCUT2D eigenvalue weighted by atomic mass is 16.4. The molecular weight excluding hydrogens is 316 g/mol. The number of nitrogens with zero attached hydrogens (tertiary/aromatic N) is 4. The van der Waals surface area contributed by atoms with Crippen molar-refractivity contribution in [3.05, 3.63) is 66.3 Å². The van der Waals surface area contributed by atoms with E-state index in [4.69, 9.17) is 4.42 Å². The summed E-state index contributed by atoms with van der Waals surface area (Å²) in [4.78, 5) is 18.1. The highest BCUT2D eigenvalue weighted by Crippen LogP contribution is 2.24. The van der Waals surface area contributed by atoms with Crippen molar-refractivity contribution in [3.8, 4) is 11.5 Å². The first-order valence-corrected chi connectivity index (χ1v) is 8.32. The van der Waals surface area contributed by atoms with Crippen LogP contribution in [-0.2, 0) is 17.8 Å². The Kier molecular flexibility index (Phi) is 4.24. The van der Waals surface area contributed by atoms with Gasteiger partial charge in [0, 0.05) is 25.4 Å². The predicted octanol–water partition coefficient (Wildman–Crippen LogP) is 2.72. The summed E-state index contributed by atoms with van der Waals surface area (Å²) in [6.45, 7) is 1.08. The van der Waals surface area contributed by atoms with E-state index in [0.29, 0.717) is 30.7 Å². The van der Waals surface area contributed by atoms with Gasteiger partial charge in [-0.25, -0.2) is 0 Å². The highest BCUT2D eigenvalue weighted by Gasteiger charge is 2.30. The van der Waals surface area contributed by atoms with E-state index in [1.165, 1.54) is 5.56 Å². The van der Waals surface area contributed by atoms with Gasteiger partial charge in [0.15, 0.2) is 0 Å². The summed E-state index contributed by atoms with van der Waals surface area (Å²) < 4.78 is 5.68. The molecule has 0 bridgehead atoms. The number of carbonyl (C=O) groups excluding carboxylic acids is 1. The Morgan fingerprint density at radius 3 is 2.80 bits per heavy atom. The molecule has 1 aliphatic heterocycles. The Labute approximate surface area is 145 Å². The first-order chi connectivity index (χ1) is 12.3. The Morgan fingerprint density at radius 2 is 2.00 bits per heavy atom. The number of pyridine rings is 1. The van der Waals surface area contributed by atoms with Crippen molar-refractivity contribution in [2.45, 2.75) is 19.4 Å². The highest BCUT2D eigenvalue weighted by molar-refractivity contribution is 5.78. The van der Waals surface area contributed by atoms with Crippen LogP contribution in [0.2, 0.25) is 0 Å². The zero-order chi connectivity index (χ0) is 17.1. The summed E-state index contributed by atoms with van der Waals surface area (Å²) in [6, 6.07) is 13.9. The third-order valence-electron chi connectivity index (χ3n) is 4.36. The number of carbonyl (C=O) groups is 1. The zero-order valence-electron chi connectivity index (χ0n) is 13.7. The van der Waals surface area contributed by atoms with Crippen molar-refractivity contribution in [2.75, 3.05) is 6.54 Å². The fraction of sp³-hybridized carbons (Fsp3) is 0.263. The van der Waals surface area contributed by atoms with E-state index in [0.717, 1.165) is 18.5 Å². The minimum absolute atomic E-state index is 0.141. The van der Waals surface area contributed by atoms with Crippen molar-refractivity contribution in [2.24, 2.45) is 5.92 Å². The SMILES string of the molecule is O=C1CC(Cc2ccccc2)CN1Cc1nnc(-c2cccnc2)o1. The van der Waals surface area contributed by atoms with Gasteiger partial charge in [-0.15, -0.1) is 10.2 Å². The molecule has 6 heteroatoms. The summed E-state index contributed by atoms with van der Waals surface area (Å²) in [5.41, 5.74) is 2.04. The maximum atomic E-state index is 12.3. The number of amides is 1. The second-order valence-corrected chi connectivity index (χ2v) is 6.28. The van der Waals surface area contributed by atoms with E-state index < -0.39 is 0 Å². The van der Waals surface area contributed by atoms with Crippen LogP contribution in [0.15, 0.2) is 59.3 Å². The molecule has 4 rings (SSSR count). The molecule has 0 aliphatic carbocycles. The molecular formula is C19H18N4O2. The number of hydrogen-bond donors (Lipinski definition) is 0. The zero-order valence-corrected chi connectivity index (χ0v) is 13.7. The molecule has 2 aromatic heterocycles. The summed E-state index contributed by atoms with van der Waals surface area (Å²) in [5, 5.41) is 8.11. The summed E-state index contributed by atoms with van der Waals surface area (Å²) in [7, 11) is 0. The maximum Gasteiger partial charge on any atom is 0.249 e. The second kappa shape index (κ2) is 6.84. The standard InChI is InChI=1S/C19H18N4O2/c24-18-10-15(9-14-5-2-1-3-6-14)12-23(18)13-17-21-22-19(25-17)16-7-4-8-20-11-16/h1-8,11,15H,9-10,12-13H2. The molecule has 1 unspecified atom stereocenters. The fourth-order valence-corrected chi connectivity index (χ4v) is 3.18. The Hall–Kier alpha value is -3.02. The molecule has 3 aromatic rings.